The van der Waals surface area contributed by atoms with Crippen molar-refractivity contribution in [3.63, 3.8) is 0 Å². The number of hydrogen-bond acceptors (Lipinski definition) is 8. The monoisotopic (exact) mass is 394 g/mol. The van der Waals surface area contributed by atoms with Gasteiger partial charge in [-0.1, -0.05) is 13.8 Å². The molecule has 0 amide bonds. The summed E-state index contributed by atoms with van der Waals surface area (Å²) in [5.41, 5.74) is 3.34. The molecule has 2 aromatic rings. The van der Waals surface area contributed by atoms with Crippen LogP contribution in [0.1, 0.15) is 43.1 Å². The van der Waals surface area contributed by atoms with Crippen LogP contribution in [0.4, 0.5) is 11.6 Å². The van der Waals surface area contributed by atoms with Gasteiger partial charge in [0.05, 0.1) is 37.7 Å². The van der Waals surface area contributed by atoms with Gasteiger partial charge < -0.3 is 19.7 Å². The van der Waals surface area contributed by atoms with E-state index in [9.17, 15) is 5.26 Å². The average Bonchev–Trinajstić information content (AvgIpc) is 2.73. The van der Waals surface area contributed by atoms with Crippen LogP contribution in [0.15, 0.2) is 18.5 Å². The molecule has 29 heavy (non-hydrogen) atoms. The second-order valence-electron chi connectivity index (χ2n) is 8.27. The van der Waals surface area contributed by atoms with Gasteiger partial charge in [-0.3, -0.25) is 0 Å². The second-order valence-corrected chi connectivity index (χ2v) is 8.27. The Morgan fingerprint density at radius 2 is 2.10 bits per heavy atom. The first-order chi connectivity index (χ1) is 14.0. The predicted octanol–water partition coefficient (Wildman–Crippen LogP) is 2.71. The van der Waals surface area contributed by atoms with E-state index in [0.717, 1.165) is 43.1 Å². The van der Waals surface area contributed by atoms with Crippen molar-refractivity contribution in [3.8, 4) is 11.9 Å². The van der Waals surface area contributed by atoms with E-state index in [0.29, 0.717) is 30.3 Å². The second kappa shape index (κ2) is 7.84. The number of rotatable bonds is 4. The molecule has 8 heteroatoms. The third-order valence-corrected chi connectivity index (χ3v) is 5.51. The van der Waals surface area contributed by atoms with Crippen LogP contribution >= 0.6 is 0 Å². The van der Waals surface area contributed by atoms with Crippen molar-refractivity contribution in [1.82, 2.24) is 15.0 Å². The summed E-state index contributed by atoms with van der Waals surface area (Å²) in [4.78, 5) is 15.9. The maximum Gasteiger partial charge on any atom is 0.233 e. The van der Waals surface area contributed by atoms with Gasteiger partial charge in [0, 0.05) is 31.0 Å². The zero-order valence-electron chi connectivity index (χ0n) is 17.1. The maximum atomic E-state index is 9.59. The summed E-state index contributed by atoms with van der Waals surface area (Å²) in [5.74, 6) is 1.10. The Kier molecular flexibility index (Phi) is 5.24. The number of nitriles is 1. The highest BCUT2D eigenvalue weighted by Crippen LogP contribution is 2.42. The minimum absolute atomic E-state index is 0.00620. The number of aromatic nitrogens is 3. The molecule has 1 atom stereocenters. The molecular formula is C21H26N6O2. The zero-order chi connectivity index (χ0) is 20.4. The fourth-order valence-corrected chi connectivity index (χ4v) is 4.09. The predicted molar refractivity (Wildman–Crippen MR) is 109 cm³/mol. The number of methoxy groups -OCH3 is 1. The summed E-state index contributed by atoms with van der Waals surface area (Å²) in [6.07, 6.45) is 5.39. The molecule has 1 saturated heterocycles. The Hall–Kier alpha value is -2.92. The van der Waals surface area contributed by atoms with Crippen molar-refractivity contribution in [2.24, 2.45) is 5.41 Å². The van der Waals surface area contributed by atoms with Gasteiger partial charge in [-0.2, -0.15) is 5.26 Å². The minimum Gasteiger partial charge on any atom is -0.480 e. The molecule has 1 aliphatic heterocycles. The summed E-state index contributed by atoms with van der Waals surface area (Å²) >= 11 is 0. The number of hydrogen-bond donors (Lipinski definition) is 1. The summed E-state index contributed by atoms with van der Waals surface area (Å²) < 4.78 is 10.7. The van der Waals surface area contributed by atoms with E-state index in [1.165, 1.54) is 7.11 Å². The number of nitrogens with zero attached hydrogens (tertiary/aromatic N) is 5. The van der Waals surface area contributed by atoms with Crippen LogP contribution in [-0.2, 0) is 11.2 Å². The van der Waals surface area contributed by atoms with Crippen LogP contribution in [0.2, 0.25) is 0 Å². The summed E-state index contributed by atoms with van der Waals surface area (Å²) in [5, 5.41) is 13.1. The van der Waals surface area contributed by atoms with Gasteiger partial charge in [0.15, 0.2) is 0 Å². The van der Waals surface area contributed by atoms with Crippen LogP contribution in [-0.4, -0.2) is 48.4 Å². The molecule has 1 aliphatic carbocycles. The lowest BCUT2D eigenvalue weighted by atomic mass is 9.74. The first kappa shape index (κ1) is 19.4. The quantitative estimate of drug-likeness (QED) is 0.846. The first-order valence-electron chi connectivity index (χ1n) is 9.89. The van der Waals surface area contributed by atoms with E-state index in [-0.39, 0.29) is 11.5 Å². The molecule has 2 aliphatic rings. The molecular weight excluding hydrogens is 368 g/mol. The molecule has 3 heterocycles. The maximum absolute atomic E-state index is 9.59. The molecule has 1 N–H and O–H groups in total. The number of fused-ring (bicyclic) bond motifs is 1. The van der Waals surface area contributed by atoms with Crippen molar-refractivity contribution < 1.29 is 9.47 Å². The Labute approximate surface area is 170 Å². The largest absolute Gasteiger partial charge is 0.480 e. The van der Waals surface area contributed by atoms with Crippen LogP contribution in [0.3, 0.4) is 0 Å². The smallest absolute Gasteiger partial charge is 0.233 e. The standard InChI is InChI=1S/C21H26N6O2/c1-21(2)10-17(25-16-4-5-23-19(28-3)14(16)12-22)15-13-24-20(26-18(15)11-21)27-6-8-29-9-7-27/h4-5,13,17H,6-11H2,1-3H3,(H,23,25)/t17-/m0/s1. The molecule has 0 saturated carbocycles. The van der Waals surface area contributed by atoms with E-state index >= 15 is 0 Å². The zero-order valence-corrected chi connectivity index (χ0v) is 17.1. The highest BCUT2D eigenvalue weighted by molar-refractivity contribution is 5.62. The van der Waals surface area contributed by atoms with Crippen LogP contribution in [0.5, 0.6) is 5.88 Å². The lowest BCUT2D eigenvalue weighted by Gasteiger charge is -2.37. The van der Waals surface area contributed by atoms with E-state index in [1.807, 2.05) is 12.3 Å². The molecule has 0 spiro atoms. The minimum atomic E-state index is 0.00620. The average molecular weight is 394 g/mol. The van der Waals surface area contributed by atoms with Gasteiger partial charge in [-0.15, -0.1) is 0 Å². The number of pyridine rings is 1. The van der Waals surface area contributed by atoms with Crippen LogP contribution in [0, 0.1) is 16.7 Å². The van der Waals surface area contributed by atoms with E-state index in [2.05, 4.69) is 40.1 Å². The molecule has 0 aromatic carbocycles. The summed E-state index contributed by atoms with van der Waals surface area (Å²) in [6.45, 7) is 7.53. The molecule has 8 nitrogen and oxygen atoms in total. The van der Waals surface area contributed by atoms with Crippen molar-refractivity contribution in [2.75, 3.05) is 43.6 Å². The number of ether oxygens (including phenoxy) is 2. The van der Waals surface area contributed by atoms with Crippen molar-refractivity contribution in [2.45, 2.75) is 32.7 Å². The van der Waals surface area contributed by atoms with Gasteiger partial charge in [0.25, 0.3) is 0 Å². The number of anilines is 2. The van der Waals surface area contributed by atoms with Crippen molar-refractivity contribution in [3.05, 3.63) is 35.3 Å². The lowest BCUT2D eigenvalue weighted by molar-refractivity contribution is 0.122. The van der Waals surface area contributed by atoms with Crippen molar-refractivity contribution in [1.29, 1.82) is 5.26 Å². The van der Waals surface area contributed by atoms with Gasteiger partial charge in [0.1, 0.15) is 11.6 Å². The lowest BCUT2D eigenvalue weighted by Crippen LogP contribution is -2.38. The van der Waals surface area contributed by atoms with Crippen LogP contribution in [0.25, 0.3) is 0 Å². The van der Waals surface area contributed by atoms with Gasteiger partial charge in [-0.05, 0) is 24.3 Å². The summed E-state index contributed by atoms with van der Waals surface area (Å²) in [6, 6.07) is 4.02. The third kappa shape index (κ3) is 3.96. The molecule has 0 bridgehead atoms. The number of morpholine rings is 1. The molecule has 1 fully saturated rings. The Morgan fingerprint density at radius 1 is 1.31 bits per heavy atom. The Morgan fingerprint density at radius 3 is 2.83 bits per heavy atom. The fourth-order valence-electron chi connectivity index (χ4n) is 4.09. The third-order valence-electron chi connectivity index (χ3n) is 5.51. The van der Waals surface area contributed by atoms with Gasteiger partial charge in [-0.25, -0.2) is 15.0 Å². The SMILES string of the molecule is COc1nccc(N[C@H]2CC(C)(C)Cc3nc(N4CCOCC4)ncc32)c1C#N. The highest BCUT2D eigenvalue weighted by atomic mass is 16.5. The summed E-state index contributed by atoms with van der Waals surface area (Å²) in [7, 11) is 1.52. The molecule has 0 radical (unpaired) electrons. The van der Waals surface area contributed by atoms with E-state index < -0.39 is 0 Å². The molecule has 0 unspecified atom stereocenters. The van der Waals surface area contributed by atoms with Gasteiger partial charge >= 0.3 is 0 Å². The van der Waals surface area contributed by atoms with Crippen LogP contribution < -0.4 is 15.0 Å². The van der Waals surface area contributed by atoms with E-state index in [1.54, 1.807) is 6.20 Å². The van der Waals surface area contributed by atoms with E-state index in [4.69, 9.17) is 14.5 Å². The fraction of sp³-hybridized carbons (Fsp3) is 0.524. The van der Waals surface area contributed by atoms with Crippen molar-refractivity contribution >= 4 is 11.6 Å². The Balaban J connectivity index is 1.67. The number of nitrogens with one attached hydrogen (secondary N) is 1. The van der Waals surface area contributed by atoms with Gasteiger partial charge in [0.2, 0.25) is 11.8 Å². The molecule has 152 valence electrons. The topological polar surface area (TPSA) is 96.2 Å². The molecule has 2 aromatic heterocycles. The first-order valence-corrected chi connectivity index (χ1v) is 9.89. The Bertz CT molecular complexity index is 933. The molecule has 4 rings (SSSR count). The normalized spacial score (nSPS) is 20.5. The highest BCUT2D eigenvalue weighted by Gasteiger charge is 2.34.